The van der Waals surface area contributed by atoms with Gasteiger partial charge in [-0.3, -0.25) is 10.1 Å². The van der Waals surface area contributed by atoms with Crippen molar-refractivity contribution in [2.75, 3.05) is 11.9 Å². The van der Waals surface area contributed by atoms with E-state index < -0.39 is 22.5 Å². The van der Waals surface area contributed by atoms with Crippen molar-refractivity contribution in [2.45, 2.75) is 32.4 Å². The van der Waals surface area contributed by atoms with Crippen LogP contribution < -0.4 is 5.32 Å². The first-order chi connectivity index (χ1) is 9.79. The predicted molar refractivity (Wildman–Crippen MR) is 70.9 cm³/mol. The second-order valence-electron chi connectivity index (χ2n) is 5.39. The van der Waals surface area contributed by atoms with E-state index >= 15 is 0 Å². The van der Waals surface area contributed by atoms with Crippen molar-refractivity contribution >= 4 is 11.4 Å². The van der Waals surface area contributed by atoms with Crippen LogP contribution in [-0.2, 0) is 6.18 Å². The largest absolute Gasteiger partial charge is 0.433 e. The molecule has 0 radical (unpaired) electrons. The molecular formula is C13H16F3N3O2. The molecule has 1 aliphatic rings. The van der Waals surface area contributed by atoms with Gasteiger partial charge >= 0.3 is 11.9 Å². The fourth-order valence-electron chi connectivity index (χ4n) is 2.66. The van der Waals surface area contributed by atoms with Gasteiger partial charge in [0.05, 0.1) is 4.92 Å². The first kappa shape index (κ1) is 15.5. The quantitative estimate of drug-likeness (QED) is 0.677. The van der Waals surface area contributed by atoms with Crippen LogP contribution in [0, 0.1) is 22.0 Å². The van der Waals surface area contributed by atoms with Gasteiger partial charge in [-0.2, -0.15) is 13.2 Å². The lowest BCUT2D eigenvalue weighted by Crippen LogP contribution is -2.18. The average molecular weight is 303 g/mol. The molecule has 2 unspecified atom stereocenters. The fraction of sp³-hybridized carbons (Fsp3) is 0.615. The molecule has 1 aromatic heterocycles. The van der Waals surface area contributed by atoms with Crippen molar-refractivity contribution in [3.63, 3.8) is 0 Å². The third kappa shape index (κ3) is 3.62. The number of halogens is 3. The molecule has 1 fully saturated rings. The lowest BCUT2D eigenvalue weighted by molar-refractivity contribution is -0.384. The summed E-state index contributed by atoms with van der Waals surface area (Å²) in [7, 11) is 0. The number of nitrogens with one attached hydrogen (secondary N) is 1. The third-order valence-electron chi connectivity index (χ3n) is 3.96. The number of alkyl halides is 3. The summed E-state index contributed by atoms with van der Waals surface area (Å²) in [6.07, 6.45) is -0.813. The maximum absolute atomic E-state index is 12.6. The van der Waals surface area contributed by atoms with Crippen LogP contribution >= 0.6 is 0 Å². The zero-order valence-electron chi connectivity index (χ0n) is 11.5. The average Bonchev–Trinajstić information content (AvgIpc) is 2.80. The zero-order chi connectivity index (χ0) is 15.6. The Balaban J connectivity index is 2.20. The highest BCUT2D eigenvalue weighted by Gasteiger charge is 2.34. The molecule has 1 aromatic rings. The van der Waals surface area contributed by atoms with E-state index in [1.54, 1.807) is 0 Å². The minimum Gasteiger partial charge on any atom is -0.379 e. The van der Waals surface area contributed by atoms with Crippen LogP contribution in [0.4, 0.5) is 24.5 Å². The van der Waals surface area contributed by atoms with E-state index in [4.69, 9.17) is 0 Å². The Morgan fingerprint density at radius 3 is 2.71 bits per heavy atom. The maximum atomic E-state index is 12.6. The Morgan fingerprint density at radius 2 is 2.19 bits per heavy atom. The first-order valence-electron chi connectivity index (χ1n) is 6.74. The SMILES string of the molecule is CC1CCCC1CNc1cc(C(F)(F)F)ncc1[N+](=O)[O-]. The molecule has 0 spiro atoms. The lowest BCUT2D eigenvalue weighted by atomic mass is 9.98. The highest BCUT2D eigenvalue weighted by Crippen LogP contribution is 2.35. The number of nitro groups is 1. The van der Waals surface area contributed by atoms with Crippen molar-refractivity contribution in [1.29, 1.82) is 0 Å². The van der Waals surface area contributed by atoms with Gasteiger partial charge in [-0.15, -0.1) is 0 Å². The minimum atomic E-state index is -4.62. The Kier molecular flexibility index (Phi) is 4.34. The number of nitrogens with zero attached hydrogens (tertiary/aromatic N) is 2. The normalized spacial score (nSPS) is 22.3. The first-order valence-corrected chi connectivity index (χ1v) is 6.74. The molecule has 0 aromatic carbocycles. The molecular weight excluding hydrogens is 287 g/mol. The van der Waals surface area contributed by atoms with Gasteiger partial charge in [-0.1, -0.05) is 19.8 Å². The smallest absolute Gasteiger partial charge is 0.379 e. The second-order valence-corrected chi connectivity index (χ2v) is 5.39. The summed E-state index contributed by atoms with van der Waals surface area (Å²) in [5.74, 6) is 0.799. The second kappa shape index (κ2) is 5.87. The van der Waals surface area contributed by atoms with Crippen LogP contribution in [0.25, 0.3) is 0 Å². The van der Waals surface area contributed by atoms with E-state index in [1.165, 1.54) is 0 Å². The molecule has 0 bridgehead atoms. The van der Waals surface area contributed by atoms with E-state index in [9.17, 15) is 23.3 Å². The van der Waals surface area contributed by atoms with E-state index in [-0.39, 0.29) is 5.69 Å². The van der Waals surface area contributed by atoms with Crippen molar-refractivity contribution < 1.29 is 18.1 Å². The van der Waals surface area contributed by atoms with E-state index in [2.05, 4.69) is 17.2 Å². The standard InChI is InChI=1S/C13H16F3N3O2/c1-8-3-2-4-9(8)6-17-10-5-12(13(14,15)16)18-7-11(10)19(20)21/h5,7-9H,2-4,6H2,1H3,(H,17,18). The molecule has 2 atom stereocenters. The lowest BCUT2D eigenvalue weighted by Gasteiger charge is -2.17. The molecule has 116 valence electrons. The highest BCUT2D eigenvalue weighted by molar-refractivity contribution is 5.61. The van der Waals surface area contributed by atoms with Crippen LogP contribution in [-0.4, -0.2) is 16.5 Å². The van der Waals surface area contributed by atoms with Gasteiger partial charge in [0.2, 0.25) is 0 Å². The summed E-state index contributed by atoms with van der Waals surface area (Å²) in [5, 5.41) is 13.7. The topological polar surface area (TPSA) is 68.1 Å². The molecule has 1 saturated carbocycles. The summed E-state index contributed by atoms with van der Waals surface area (Å²) in [6, 6.07) is 0.706. The number of anilines is 1. The van der Waals surface area contributed by atoms with Crippen molar-refractivity contribution in [1.82, 2.24) is 4.98 Å². The molecule has 5 nitrogen and oxygen atoms in total. The summed E-state index contributed by atoms with van der Waals surface area (Å²) in [6.45, 7) is 2.52. The number of hydrogen-bond donors (Lipinski definition) is 1. The van der Waals surface area contributed by atoms with E-state index in [1.807, 2.05) is 0 Å². The zero-order valence-corrected chi connectivity index (χ0v) is 11.5. The fourth-order valence-corrected chi connectivity index (χ4v) is 2.66. The van der Waals surface area contributed by atoms with Crippen molar-refractivity contribution in [3.05, 3.63) is 28.1 Å². The highest BCUT2D eigenvalue weighted by atomic mass is 19.4. The molecule has 1 heterocycles. The Hall–Kier alpha value is -1.86. The van der Waals surface area contributed by atoms with Gasteiger partial charge < -0.3 is 5.32 Å². The monoisotopic (exact) mass is 303 g/mol. The molecule has 8 heteroatoms. The molecule has 21 heavy (non-hydrogen) atoms. The minimum absolute atomic E-state index is 0.124. The van der Waals surface area contributed by atoms with Gasteiger partial charge in [0, 0.05) is 6.54 Å². The van der Waals surface area contributed by atoms with Gasteiger partial charge in [0.25, 0.3) is 0 Å². The molecule has 0 saturated heterocycles. The van der Waals surface area contributed by atoms with Gasteiger partial charge in [-0.05, 0) is 24.3 Å². The van der Waals surface area contributed by atoms with Crippen LogP contribution in [0.2, 0.25) is 0 Å². The molecule has 1 aliphatic carbocycles. The molecule has 0 amide bonds. The summed E-state index contributed by atoms with van der Waals surface area (Å²) < 4.78 is 37.9. The third-order valence-corrected chi connectivity index (χ3v) is 3.96. The van der Waals surface area contributed by atoms with E-state index in [0.29, 0.717) is 30.6 Å². The van der Waals surface area contributed by atoms with Crippen LogP contribution in [0.1, 0.15) is 31.9 Å². The van der Waals surface area contributed by atoms with Gasteiger partial charge in [0.15, 0.2) is 0 Å². The van der Waals surface area contributed by atoms with Crippen LogP contribution in [0.5, 0.6) is 0 Å². The summed E-state index contributed by atoms with van der Waals surface area (Å²) in [5.41, 5.74) is -1.69. The number of rotatable bonds is 4. The Labute approximate surface area is 119 Å². The van der Waals surface area contributed by atoms with Crippen LogP contribution in [0.15, 0.2) is 12.3 Å². The summed E-state index contributed by atoms with van der Waals surface area (Å²) >= 11 is 0. The molecule has 1 N–H and O–H groups in total. The number of hydrogen-bond acceptors (Lipinski definition) is 4. The van der Waals surface area contributed by atoms with E-state index in [0.717, 1.165) is 19.3 Å². The van der Waals surface area contributed by atoms with Crippen molar-refractivity contribution in [3.8, 4) is 0 Å². The Morgan fingerprint density at radius 1 is 1.48 bits per heavy atom. The predicted octanol–water partition coefficient (Wildman–Crippen LogP) is 3.86. The Bertz CT molecular complexity index is 534. The van der Waals surface area contributed by atoms with Crippen LogP contribution in [0.3, 0.4) is 0 Å². The maximum Gasteiger partial charge on any atom is 0.433 e. The summed E-state index contributed by atoms with van der Waals surface area (Å²) in [4.78, 5) is 13.3. The van der Waals surface area contributed by atoms with Crippen molar-refractivity contribution in [2.24, 2.45) is 11.8 Å². The molecule has 2 rings (SSSR count). The van der Waals surface area contributed by atoms with Gasteiger partial charge in [0.1, 0.15) is 17.6 Å². The number of pyridine rings is 1. The van der Waals surface area contributed by atoms with Gasteiger partial charge in [-0.25, -0.2) is 4.98 Å². The molecule has 0 aliphatic heterocycles. The number of aromatic nitrogens is 1.